The highest BCUT2D eigenvalue weighted by atomic mass is 16.6. The summed E-state index contributed by atoms with van der Waals surface area (Å²) in [6.45, 7) is 26.2. The molecule has 4 heterocycles. The van der Waals surface area contributed by atoms with Crippen LogP contribution in [0.4, 0.5) is 0 Å². The highest BCUT2D eigenvalue weighted by Gasteiger charge is 2.33. The lowest BCUT2D eigenvalue weighted by Gasteiger charge is -2.38. The van der Waals surface area contributed by atoms with Crippen molar-refractivity contribution < 1.29 is 37.9 Å². The van der Waals surface area contributed by atoms with Gasteiger partial charge in [-0.2, -0.15) is 0 Å². The fourth-order valence-corrected chi connectivity index (χ4v) is 3.78. The third kappa shape index (κ3) is 18.6. The first-order valence-corrected chi connectivity index (χ1v) is 14.4. The molecule has 37 heavy (non-hydrogen) atoms. The van der Waals surface area contributed by atoms with Gasteiger partial charge in [-0.15, -0.1) is 0 Å². The number of hydrogen-bond acceptors (Lipinski definition) is 8. The van der Waals surface area contributed by atoms with Gasteiger partial charge in [0.15, 0.2) is 0 Å². The minimum atomic E-state index is 0.310. The maximum absolute atomic E-state index is 5.61. The Morgan fingerprint density at radius 3 is 1.38 bits per heavy atom. The summed E-state index contributed by atoms with van der Waals surface area (Å²) >= 11 is 0. The van der Waals surface area contributed by atoms with Gasteiger partial charge in [-0.3, -0.25) is 0 Å². The van der Waals surface area contributed by atoms with E-state index >= 15 is 0 Å². The first-order valence-electron chi connectivity index (χ1n) is 14.4. The maximum Gasteiger partial charge on any atom is 0.104 e. The zero-order valence-electron chi connectivity index (χ0n) is 25.3. The molecule has 0 aromatic carbocycles. The zero-order chi connectivity index (χ0) is 27.7. The van der Waals surface area contributed by atoms with E-state index in [2.05, 4.69) is 48.5 Å². The molecule has 1 unspecified atom stereocenters. The van der Waals surface area contributed by atoms with Crippen molar-refractivity contribution >= 4 is 0 Å². The molecule has 1 atom stereocenters. The number of ether oxygens (including phenoxy) is 8. The van der Waals surface area contributed by atoms with Gasteiger partial charge in [0.2, 0.25) is 0 Å². The van der Waals surface area contributed by atoms with Crippen LogP contribution in [-0.2, 0) is 37.9 Å². The zero-order valence-corrected chi connectivity index (χ0v) is 25.3. The Bertz CT molecular complexity index is 520. The third-order valence-corrected chi connectivity index (χ3v) is 5.72. The first-order chi connectivity index (χ1) is 17.5. The molecule has 0 N–H and O–H groups in total. The van der Waals surface area contributed by atoms with Gasteiger partial charge in [0.25, 0.3) is 0 Å². The van der Waals surface area contributed by atoms with E-state index in [9.17, 15) is 0 Å². The Kier molecular flexibility index (Phi) is 18.5. The lowest BCUT2D eigenvalue weighted by Crippen LogP contribution is -2.44. The molecule has 8 heteroatoms. The lowest BCUT2D eigenvalue weighted by atomic mass is 9.90. The van der Waals surface area contributed by atoms with Crippen LogP contribution in [-0.4, -0.2) is 102 Å². The first kappa shape index (κ1) is 34.7. The largest absolute Gasteiger partial charge is 0.381 e. The highest BCUT2D eigenvalue weighted by molar-refractivity contribution is 4.80. The van der Waals surface area contributed by atoms with Gasteiger partial charge in [0.1, 0.15) is 6.10 Å². The molecule has 0 saturated carbocycles. The predicted octanol–water partition coefficient (Wildman–Crippen LogP) is 5.05. The van der Waals surface area contributed by atoms with Crippen LogP contribution >= 0.6 is 0 Å². The lowest BCUT2D eigenvalue weighted by molar-refractivity contribution is -0.146. The van der Waals surface area contributed by atoms with E-state index < -0.39 is 0 Å². The van der Waals surface area contributed by atoms with Gasteiger partial charge in [-0.05, 0) is 74.7 Å². The Morgan fingerprint density at radius 1 is 0.568 bits per heavy atom. The smallest absolute Gasteiger partial charge is 0.104 e. The average Bonchev–Trinajstić information content (AvgIpc) is 3.27. The molecule has 4 aliphatic heterocycles. The van der Waals surface area contributed by atoms with Crippen LogP contribution in [0.2, 0.25) is 0 Å². The van der Waals surface area contributed by atoms with Gasteiger partial charge >= 0.3 is 0 Å². The van der Waals surface area contributed by atoms with Crippen LogP contribution < -0.4 is 0 Å². The minimum absolute atomic E-state index is 0.310. The molecule has 4 aliphatic rings. The van der Waals surface area contributed by atoms with Gasteiger partial charge in [0.05, 0.1) is 76.3 Å². The summed E-state index contributed by atoms with van der Waals surface area (Å²) in [6, 6.07) is 0. The fourth-order valence-electron chi connectivity index (χ4n) is 3.78. The predicted molar refractivity (Wildman–Crippen MR) is 146 cm³/mol. The molecular formula is C29H58O8. The molecular weight excluding hydrogens is 476 g/mol. The average molecular weight is 535 g/mol. The Balaban J connectivity index is 0.000000248. The standard InChI is InChI=1S/2C8H16O2.C7H14O2.C6H12O2/c1-7(2)10-6-8(3)4-9-5-8;1-7(2)10-8-3-5-9-6-4-8;1-6(2)9-7-3-4-8-5-7;1-5(2)8-6-3-7-4-6/h7H,4-6H2,1-3H3;7-8H,3-6H2,1-2H3;6-7H,3-5H2,1-2H3;5-6H,3-4H2,1-2H3. The summed E-state index contributed by atoms with van der Waals surface area (Å²) in [6.07, 6.45) is 5.81. The van der Waals surface area contributed by atoms with Gasteiger partial charge < -0.3 is 37.9 Å². The normalized spacial score (nSPS) is 23.4. The highest BCUT2D eigenvalue weighted by Crippen LogP contribution is 2.26. The van der Waals surface area contributed by atoms with Crippen molar-refractivity contribution in [3.05, 3.63) is 0 Å². The van der Waals surface area contributed by atoms with E-state index in [1.165, 1.54) is 0 Å². The van der Waals surface area contributed by atoms with Gasteiger partial charge in [-0.1, -0.05) is 6.92 Å². The summed E-state index contributed by atoms with van der Waals surface area (Å²) in [5.41, 5.74) is 0.310. The van der Waals surface area contributed by atoms with E-state index in [4.69, 9.17) is 37.9 Å². The Labute approximate surface area is 227 Å². The van der Waals surface area contributed by atoms with E-state index in [0.29, 0.717) is 48.1 Å². The molecule has 8 nitrogen and oxygen atoms in total. The molecule has 0 radical (unpaired) electrons. The second-order valence-electron chi connectivity index (χ2n) is 11.7. The fraction of sp³-hybridized carbons (Fsp3) is 1.00. The van der Waals surface area contributed by atoms with E-state index in [1.807, 2.05) is 13.8 Å². The Morgan fingerprint density at radius 2 is 1.03 bits per heavy atom. The van der Waals surface area contributed by atoms with Crippen molar-refractivity contribution in [2.45, 2.75) is 124 Å². The van der Waals surface area contributed by atoms with Gasteiger partial charge in [-0.25, -0.2) is 0 Å². The molecule has 4 rings (SSSR count). The van der Waals surface area contributed by atoms with Crippen molar-refractivity contribution in [2.24, 2.45) is 5.41 Å². The summed E-state index contributed by atoms with van der Waals surface area (Å²) < 4.78 is 42.3. The van der Waals surface area contributed by atoms with Crippen molar-refractivity contribution in [2.75, 3.05) is 59.5 Å². The van der Waals surface area contributed by atoms with Crippen molar-refractivity contribution in [3.63, 3.8) is 0 Å². The van der Waals surface area contributed by atoms with Crippen molar-refractivity contribution in [3.8, 4) is 0 Å². The van der Waals surface area contributed by atoms with Crippen LogP contribution in [0.15, 0.2) is 0 Å². The topological polar surface area (TPSA) is 73.8 Å². The van der Waals surface area contributed by atoms with E-state index in [1.54, 1.807) is 0 Å². The molecule has 4 saturated heterocycles. The van der Waals surface area contributed by atoms with Gasteiger partial charge in [0, 0.05) is 25.2 Å². The maximum atomic E-state index is 5.61. The number of hydrogen-bond donors (Lipinski definition) is 0. The monoisotopic (exact) mass is 534 g/mol. The SMILES string of the molecule is CC(C)OC1CCOC1.CC(C)OC1CCOCC1.CC(C)OC1COC1.CC(C)OCC1(C)COC1. The van der Waals surface area contributed by atoms with E-state index in [-0.39, 0.29) is 0 Å². The quantitative estimate of drug-likeness (QED) is 0.407. The molecule has 222 valence electrons. The molecule has 0 bridgehead atoms. The molecule has 0 amide bonds. The molecule has 0 aromatic rings. The van der Waals surface area contributed by atoms with Crippen LogP contribution in [0.3, 0.4) is 0 Å². The van der Waals surface area contributed by atoms with Crippen LogP contribution in [0.1, 0.15) is 81.6 Å². The van der Waals surface area contributed by atoms with Crippen LogP contribution in [0.5, 0.6) is 0 Å². The van der Waals surface area contributed by atoms with Crippen LogP contribution in [0, 0.1) is 5.41 Å². The minimum Gasteiger partial charge on any atom is -0.381 e. The molecule has 0 aromatic heterocycles. The second-order valence-corrected chi connectivity index (χ2v) is 11.7. The summed E-state index contributed by atoms with van der Waals surface area (Å²) in [4.78, 5) is 0. The summed E-state index contributed by atoms with van der Waals surface area (Å²) in [7, 11) is 0. The molecule has 0 spiro atoms. The summed E-state index contributed by atoms with van der Waals surface area (Å²) in [5.74, 6) is 0. The second kappa shape index (κ2) is 19.7. The molecule has 4 fully saturated rings. The number of rotatable bonds is 9. The summed E-state index contributed by atoms with van der Waals surface area (Å²) in [5, 5.41) is 0. The Hall–Kier alpha value is -0.320. The van der Waals surface area contributed by atoms with Crippen molar-refractivity contribution in [1.29, 1.82) is 0 Å². The van der Waals surface area contributed by atoms with Crippen LogP contribution in [0.25, 0.3) is 0 Å². The van der Waals surface area contributed by atoms with E-state index in [0.717, 1.165) is 78.7 Å². The van der Waals surface area contributed by atoms with Crippen molar-refractivity contribution in [1.82, 2.24) is 0 Å². The third-order valence-electron chi connectivity index (χ3n) is 5.72. The molecule has 0 aliphatic carbocycles.